The number of hydrazine groups is 1. The number of nitrogens with one attached hydrogen (secondary N) is 2. The highest BCUT2D eigenvalue weighted by atomic mass is 79.9. The van der Waals surface area contributed by atoms with Gasteiger partial charge in [-0.15, -0.1) is 0 Å². The van der Waals surface area contributed by atoms with Crippen LogP contribution in [0.2, 0.25) is 5.02 Å². The Morgan fingerprint density at radius 2 is 1.79 bits per heavy atom. The standard InChI is InChI=1S/C21H22BrClN2O3/c1-21(2,3)15-7-10-18(17(22)12-15)28-13-20(27)25-24-19(26)11-6-14-4-8-16(23)9-5-14/h4-12H,13H2,1-3H3,(H,24,26)(H,25,27)/b11-6+. The van der Waals surface area contributed by atoms with E-state index in [9.17, 15) is 9.59 Å². The molecule has 0 aromatic heterocycles. The fourth-order valence-corrected chi connectivity index (χ4v) is 2.80. The van der Waals surface area contributed by atoms with Gasteiger partial charge in [-0.3, -0.25) is 20.4 Å². The van der Waals surface area contributed by atoms with Crippen molar-refractivity contribution >= 4 is 45.4 Å². The zero-order valence-electron chi connectivity index (χ0n) is 15.9. The first-order valence-corrected chi connectivity index (χ1v) is 9.77. The molecule has 0 bridgehead atoms. The minimum Gasteiger partial charge on any atom is -0.483 e. The number of halogens is 2. The van der Waals surface area contributed by atoms with Gasteiger partial charge in [-0.25, -0.2) is 0 Å². The second kappa shape index (κ2) is 9.75. The summed E-state index contributed by atoms with van der Waals surface area (Å²) in [6, 6.07) is 12.8. The Balaban J connectivity index is 1.79. The summed E-state index contributed by atoms with van der Waals surface area (Å²) in [4.78, 5) is 23.6. The summed E-state index contributed by atoms with van der Waals surface area (Å²) in [5, 5.41) is 0.619. The lowest BCUT2D eigenvalue weighted by atomic mass is 9.87. The van der Waals surface area contributed by atoms with Gasteiger partial charge in [0.1, 0.15) is 5.75 Å². The minimum absolute atomic E-state index is 0.0161. The summed E-state index contributed by atoms with van der Waals surface area (Å²) >= 11 is 9.26. The Kier molecular flexibility index (Phi) is 7.66. The van der Waals surface area contributed by atoms with Crippen molar-refractivity contribution in [2.24, 2.45) is 0 Å². The Bertz CT molecular complexity index is 874. The summed E-state index contributed by atoms with van der Waals surface area (Å²) in [6.07, 6.45) is 2.92. The molecule has 148 valence electrons. The van der Waals surface area contributed by atoms with E-state index in [1.807, 2.05) is 18.2 Å². The van der Waals surface area contributed by atoms with Crippen molar-refractivity contribution in [1.29, 1.82) is 0 Å². The number of carbonyl (C=O) groups is 2. The molecule has 0 unspecified atom stereocenters. The maximum Gasteiger partial charge on any atom is 0.276 e. The Morgan fingerprint density at radius 3 is 2.39 bits per heavy atom. The van der Waals surface area contributed by atoms with Crippen LogP contribution in [0.15, 0.2) is 53.0 Å². The van der Waals surface area contributed by atoms with Crippen molar-refractivity contribution in [2.75, 3.05) is 6.61 Å². The molecule has 0 heterocycles. The van der Waals surface area contributed by atoms with Gasteiger partial charge in [0.25, 0.3) is 11.8 Å². The van der Waals surface area contributed by atoms with Crippen LogP contribution in [0.3, 0.4) is 0 Å². The number of benzene rings is 2. The Labute approximate surface area is 178 Å². The predicted octanol–water partition coefficient (Wildman–Crippen LogP) is 4.64. The van der Waals surface area contributed by atoms with Crippen LogP contribution < -0.4 is 15.6 Å². The van der Waals surface area contributed by atoms with E-state index in [0.29, 0.717) is 10.8 Å². The number of carbonyl (C=O) groups excluding carboxylic acids is 2. The van der Waals surface area contributed by atoms with Crippen molar-refractivity contribution < 1.29 is 14.3 Å². The van der Waals surface area contributed by atoms with E-state index in [-0.39, 0.29) is 12.0 Å². The second-order valence-corrected chi connectivity index (χ2v) is 8.40. The first-order chi connectivity index (χ1) is 13.1. The Hall–Kier alpha value is -2.31. The van der Waals surface area contributed by atoms with Gasteiger partial charge in [-0.05, 0) is 62.8 Å². The first kappa shape index (κ1) is 22.0. The molecule has 2 N–H and O–H groups in total. The van der Waals surface area contributed by atoms with Gasteiger partial charge in [-0.2, -0.15) is 0 Å². The van der Waals surface area contributed by atoms with Crippen LogP contribution in [0, 0.1) is 0 Å². The van der Waals surface area contributed by atoms with Crippen molar-refractivity contribution in [2.45, 2.75) is 26.2 Å². The molecule has 0 aliphatic heterocycles. The van der Waals surface area contributed by atoms with E-state index in [2.05, 4.69) is 47.6 Å². The second-order valence-electron chi connectivity index (χ2n) is 7.11. The largest absolute Gasteiger partial charge is 0.483 e. The number of rotatable bonds is 5. The molecule has 28 heavy (non-hydrogen) atoms. The molecular weight excluding hydrogens is 444 g/mol. The van der Waals surface area contributed by atoms with Gasteiger partial charge in [0, 0.05) is 11.1 Å². The highest BCUT2D eigenvalue weighted by Gasteiger charge is 2.15. The van der Waals surface area contributed by atoms with Crippen LogP contribution in [0.4, 0.5) is 0 Å². The molecule has 2 aromatic rings. The fraction of sp³-hybridized carbons (Fsp3) is 0.238. The number of hydrogen-bond acceptors (Lipinski definition) is 3. The van der Waals surface area contributed by atoms with E-state index in [1.54, 1.807) is 30.3 Å². The molecule has 0 saturated carbocycles. The van der Waals surface area contributed by atoms with Crippen molar-refractivity contribution in [3.63, 3.8) is 0 Å². The van der Waals surface area contributed by atoms with E-state index in [1.165, 1.54) is 6.08 Å². The van der Waals surface area contributed by atoms with Crippen LogP contribution in [0.1, 0.15) is 31.9 Å². The van der Waals surface area contributed by atoms with Crippen molar-refractivity contribution in [3.8, 4) is 5.75 Å². The maximum atomic E-state index is 11.9. The molecule has 2 rings (SSSR count). The third-order valence-electron chi connectivity index (χ3n) is 3.78. The average Bonchev–Trinajstić information content (AvgIpc) is 2.64. The van der Waals surface area contributed by atoms with Gasteiger partial charge in [0.05, 0.1) is 4.47 Å². The van der Waals surface area contributed by atoms with Crippen LogP contribution >= 0.6 is 27.5 Å². The highest BCUT2D eigenvalue weighted by molar-refractivity contribution is 9.10. The minimum atomic E-state index is -0.472. The van der Waals surface area contributed by atoms with Crippen LogP contribution in [-0.2, 0) is 15.0 Å². The summed E-state index contributed by atoms with van der Waals surface area (Å²) in [5.74, 6) is -0.379. The smallest absolute Gasteiger partial charge is 0.276 e. The lowest BCUT2D eigenvalue weighted by Gasteiger charge is -2.20. The zero-order valence-corrected chi connectivity index (χ0v) is 18.2. The molecule has 0 radical (unpaired) electrons. The van der Waals surface area contributed by atoms with Gasteiger partial charge >= 0.3 is 0 Å². The normalized spacial score (nSPS) is 11.3. The molecule has 2 amide bonds. The molecule has 7 heteroatoms. The molecular formula is C21H22BrClN2O3. The topological polar surface area (TPSA) is 67.4 Å². The molecule has 0 spiro atoms. The summed E-state index contributed by atoms with van der Waals surface area (Å²) < 4.78 is 6.26. The zero-order chi connectivity index (χ0) is 20.7. The van der Waals surface area contributed by atoms with Gasteiger partial charge in [0.15, 0.2) is 6.61 Å². The van der Waals surface area contributed by atoms with Crippen LogP contribution in [0.25, 0.3) is 6.08 Å². The maximum absolute atomic E-state index is 11.9. The number of amides is 2. The number of hydrogen-bond donors (Lipinski definition) is 2. The predicted molar refractivity (Wildman–Crippen MR) is 115 cm³/mol. The van der Waals surface area contributed by atoms with Gasteiger partial charge in [0.2, 0.25) is 0 Å². The molecule has 0 saturated heterocycles. The third-order valence-corrected chi connectivity index (χ3v) is 4.65. The van der Waals surface area contributed by atoms with E-state index < -0.39 is 11.8 Å². The van der Waals surface area contributed by atoms with Gasteiger partial charge < -0.3 is 4.74 Å². The van der Waals surface area contributed by atoms with Crippen molar-refractivity contribution in [3.05, 3.63) is 69.2 Å². The molecule has 0 fully saturated rings. The van der Waals surface area contributed by atoms with Gasteiger partial charge in [-0.1, -0.05) is 50.6 Å². The fourth-order valence-electron chi connectivity index (χ4n) is 2.18. The molecule has 0 aliphatic rings. The first-order valence-electron chi connectivity index (χ1n) is 8.60. The highest BCUT2D eigenvalue weighted by Crippen LogP contribution is 2.31. The number of ether oxygens (including phenoxy) is 1. The van der Waals surface area contributed by atoms with E-state index in [0.717, 1.165) is 15.6 Å². The van der Waals surface area contributed by atoms with Crippen LogP contribution in [-0.4, -0.2) is 18.4 Å². The quantitative estimate of drug-likeness (QED) is 0.499. The SMILES string of the molecule is CC(C)(C)c1ccc(OCC(=O)NNC(=O)/C=C/c2ccc(Cl)cc2)c(Br)c1. The Morgan fingerprint density at radius 1 is 1.11 bits per heavy atom. The summed E-state index contributed by atoms with van der Waals surface area (Å²) in [5.41, 5.74) is 6.59. The third kappa shape index (κ3) is 7.02. The van der Waals surface area contributed by atoms with E-state index in [4.69, 9.17) is 16.3 Å². The summed E-state index contributed by atoms with van der Waals surface area (Å²) in [7, 11) is 0. The van der Waals surface area contributed by atoms with Crippen molar-refractivity contribution in [1.82, 2.24) is 10.9 Å². The molecule has 0 atom stereocenters. The van der Waals surface area contributed by atoms with E-state index >= 15 is 0 Å². The van der Waals surface area contributed by atoms with Crippen LogP contribution in [0.5, 0.6) is 5.75 Å². The monoisotopic (exact) mass is 464 g/mol. The average molecular weight is 466 g/mol. The molecule has 0 aliphatic carbocycles. The lowest BCUT2D eigenvalue weighted by molar-refractivity contribution is -0.128. The lowest BCUT2D eigenvalue weighted by Crippen LogP contribution is -2.43. The molecule has 2 aromatic carbocycles. The summed E-state index contributed by atoms with van der Waals surface area (Å²) in [6.45, 7) is 6.13. The molecule has 5 nitrogen and oxygen atoms in total.